The van der Waals surface area contributed by atoms with E-state index in [2.05, 4.69) is 15.9 Å². The molecule has 0 aromatic heterocycles. The molecule has 0 fully saturated rings. The van der Waals surface area contributed by atoms with Crippen molar-refractivity contribution in [3.8, 4) is 34.8 Å². The number of carbonyl (C=O) groups is 1. The first-order valence-electron chi connectivity index (χ1n) is 9.48. The molecule has 0 N–H and O–H groups in total. The summed E-state index contributed by atoms with van der Waals surface area (Å²) in [5.41, 5.74) is -1.54. The van der Waals surface area contributed by atoms with Crippen LogP contribution >= 0.6 is 15.9 Å². The summed E-state index contributed by atoms with van der Waals surface area (Å²) in [4.78, 5) is 12.8. The van der Waals surface area contributed by atoms with Gasteiger partial charge in [0.25, 0.3) is 0 Å². The first kappa shape index (κ1) is 23.8. The van der Waals surface area contributed by atoms with Crippen LogP contribution < -0.4 is 4.74 Å². The zero-order chi connectivity index (χ0) is 24.3. The van der Waals surface area contributed by atoms with Crippen molar-refractivity contribution in [2.45, 2.75) is 20.0 Å². The van der Waals surface area contributed by atoms with E-state index in [1.165, 1.54) is 24.3 Å². The minimum absolute atomic E-state index is 0.193. The van der Waals surface area contributed by atoms with Gasteiger partial charge in [0.2, 0.25) is 11.6 Å². The van der Waals surface area contributed by atoms with E-state index in [1.54, 1.807) is 44.2 Å². The van der Waals surface area contributed by atoms with Crippen LogP contribution in [0, 0.1) is 40.1 Å². The Morgan fingerprint density at radius 2 is 1.52 bits per heavy atom. The van der Waals surface area contributed by atoms with Gasteiger partial charge in [-0.25, -0.2) is 13.6 Å². The van der Waals surface area contributed by atoms with Crippen LogP contribution in [0.3, 0.4) is 0 Å². The Morgan fingerprint density at radius 1 is 0.909 bits per heavy atom. The molecule has 0 spiro atoms. The summed E-state index contributed by atoms with van der Waals surface area (Å²) in [5.74, 6) is -7.59. The van der Waals surface area contributed by atoms with Crippen molar-refractivity contribution in [2.24, 2.45) is 0 Å². The smallest absolute Gasteiger partial charge is 0.343 e. The van der Waals surface area contributed by atoms with Crippen LogP contribution in [0.4, 0.5) is 13.2 Å². The standard InChI is InChI=1S/C24H14BrF3N2O3/c1-12(2)32-24(31)18-17(25)9-8-14(13-6-4-3-5-7-13)22(18)33-23-20(27)16(11-30)15(10-29)19(26)21(23)28/h3-9,12H,1-2H3. The minimum Gasteiger partial charge on any atom is -0.459 e. The number of nitrogens with zero attached hydrogens (tertiary/aromatic N) is 2. The van der Waals surface area contributed by atoms with Gasteiger partial charge in [0.1, 0.15) is 28.8 Å². The monoisotopic (exact) mass is 514 g/mol. The van der Waals surface area contributed by atoms with Gasteiger partial charge in [-0.1, -0.05) is 30.3 Å². The Labute approximate surface area is 195 Å². The summed E-state index contributed by atoms with van der Waals surface area (Å²) in [6.45, 7) is 3.23. The van der Waals surface area contributed by atoms with E-state index in [4.69, 9.17) is 14.7 Å². The van der Waals surface area contributed by atoms with Gasteiger partial charge in [0.05, 0.1) is 6.10 Å². The second-order valence-corrected chi connectivity index (χ2v) is 7.82. The average molecular weight is 515 g/mol. The Bertz CT molecular complexity index is 1330. The number of nitriles is 2. The lowest BCUT2D eigenvalue weighted by Crippen LogP contribution is -2.14. The van der Waals surface area contributed by atoms with E-state index in [-0.39, 0.29) is 21.3 Å². The largest absolute Gasteiger partial charge is 0.459 e. The van der Waals surface area contributed by atoms with Crippen molar-refractivity contribution in [3.63, 3.8) is 0 Å². The Kier molecular flexibility index (Phi) is 7.05. The molecule has 3 rings (SSSR count). The number of halogens is 4. The molecule has 166 valence electrons. The summed E-state index contributed by atoms with van der Waals surface area (Å²) in [6, 6.07) is 14.1. The molecular formula is C24H14BrF3N2O3. The molecule has 0 saturated carbocycles. The summed E-state index contributed by atoms with van der Waals surface area (Å²) in [6.07, 6.45) is -0.524. The lowest BCUT2D eigenvalue weighted by molar-refractivity contribution is 0.0374. The quantitative estimate of drug-likeness (QED) is 0.281. The van der Waals surface area contributed by atoms with Gasteiger partial charge in [-0.15, -0.1) is 0 Å². The zero-order valence-corrected chi connectivity index (χ0v) is 18.8. The summed E-state index contributed by atoms with van der Waals surface area (Å²) >= 11 is 3.22. The number of esters is 1. The first-order valence-corrected chi connectivity index (χ1v) is 10.3. The number of hydrogen-bond acceptors (Lipinski definition) is 5. The Morgan fingerprint density at radius 3 is 2.09 bits per heavy atom. The highest BCUT2D eigenvalue weighted by Gasteiger charge is 2.30. The molecule has 0 saturated heterocycles. The lowest BCUT2D eigenvalue weighted by Gasteiger charge is -2.19. The van der Waals surface area contributed by atoms with Crippen LogP contribution in [0.2, 0.25) is 0 Å². The third-order valence-electron chi connectivity index (χ3n) is 4.45. The first-order chi connectivity index (χ1) is 15.7. The molecular weight excluding hydrogens is 501 g/mol. The van der Waals surface area contributed by atoms with Crippen LogP contribution in [-0.4, -0.2) is 12.1 Å². The molecule has 5 nitrogen and oxygen atoms in total. The van der Waals surface area contributed by atoms with Gasteiger partial charge in [-0.3, -0.25) is 0 Å². The minimum atomic E-state index is -1.81. The highest BCUT2D eigenvalue weighted by Crippen LogP contribution is 2.43. The van der Waals surface area contributed by atoms with E-state index in [0.29, 0.717) is 5.56 Å². The van der Waals surface area contributed by atoms with E-state index in [0.717, 1.165) is 0 Å². The second-order valence-electron chi connectivity index (χ2n) is 6.97. The predicted molar refractivity (Wildman–Crippen MR) is 116 cm³/mol. The zero-order valence-electron chi connectivity index (χ0n) is 17.2. The Balaban J connectivity index is 2.34. The SMILES string of the molecule is CC(C)OC(=O)c1c(Br)ccc(-c2ccccc2)c1Oc1c(F)c(F)c(C#N)c(C#N)c1F. The fraction of sp³-hybridized carbons (Fsp3) is 0.125. The maximum atomic E-state index is 15.0. The fourth-order valence-corrected chi connectivity index (χ4v) is 3.49. The van der Waals surface area contributed by atoms with E-state index >= 15 is 0 Å². The molecule has 0 amide bonds. The number of carbonyl (C=O) groups excluding carboxylic acids is 1. The van der Waals surface area contributed by atoms with Crippen molar-refractivity contribution in [1.82, 2.24) is 0 Å². The van der Waals surface area contributed by atoms with Crippen molar-refractivity contribution in [2.75, 3.05) is 0 Å². The molecule has 0 aliphatic heterocycles. The molecule has 9 heteroatoms. The van der Waals surface area contributed by atoms with Crippen LogP contribution in [-0.2, 0) is 4.74 Å². The van der Waals surface area contributed by atoms with Crippen LogP contribution in [0.15, 0.2) is 46.9 Å². The van der Waals surface area contributed by atoms with E-state index in [1.807, 2.05) is 0 Å². The summed E-state index contributed by atoms with van der Waals surface area (Å²) in [5, 5.41) is 18.2. The molecule has 0 radical (unpaired) electrons. The highest BCUT2D eigenvalue weighted by atomic mass is 79.9. The molecule has 3 aromatic rings. The number of hydrogen-bond donors (Lipinski definition) is 0. The van der Waals surface area contributed by atoms with Gasteiger partial charge in [0, 0.05) is 10.0 Å². The molecule has 3 aromatic carbocycles. The number of benzene rings is 3. The van der Waals surface area contributed by atoms with Crippen LogP contribution in [0.25, 0.3) is 11.1 Å². The van der Waals surface area contributed by atoms with Crippen molar-refractivity contribution >= 4 is 21.9 Å². The maximum Gasteiger partial charge on any atom is 0.343 e. The van der Waals surface area contributed by atoms with E-state index in [9.17, 15) is 23.2 Å². The predicted octanol–water partition coefficient (Wildman–Crippen LogP) is 6.63. The van der Waals surface area contributed by atoms with Crippen molar-refractivity contribution in [3.05, 3.63) is 81.1 Å². The number of rotatable bonds is 5. The van der Waals surface area contributed by atoms with Crippen LogP contribution in [0.5, 0.6) is 11.5 Å². The Hall–Kier alpha value is -3.82. The van der Waals surface area contributed by atoms with E-state index < -0.39 is 46.4 Å². The molecule has 0 aliphatic carbocycles. The normalized spacial score (nSPS) is 10.5. The highest BCUT2D eigenvalue weighted by molar-refractivity contribution is 9.10. The van der Waals surface area contributed by atoms with Gasteiger partial charge in [-0.2, -0.15) is 14.9 Å². The van der Waals surface area contributed by atoms with Gasteiger partial charge >= 0.3 is 5.97 Å². The molecule has 0 aliphatic rings. The molecule has 0 bridgehead atoms. The summed E-state index contributed by atoms with van der Waals surface area (Å²) < 4.78 is 55.1. The van der Waals surface area contributed by atoms with Gasteiger partial charge in [0.15, 0.2) is 17.4 Å². The topological polar surface area (TPSA) is 83.1 Å². The maximum absolute atomic E-state index is 15.0. The average Bonchev–Trinajstić information content (AvgIpc) is 2.79. The number of ether oxygens (including phenoxy) is 2. The molecule has 0 heterocycles. The second kappa shape index (κ2) is 9.76. The third kappa shape index (κ3) is 4.55. The molecule has 0 unspecified atom stereocenters. The van der Waals surface area contributed by atoms with Crippen molar-refractivity contribution in [1.29, 1.82) is 10.5 Å². The van der Waals surface area contributed by atoms with Crippen molar-refractivity contribution < 1.29 is 27.4 Å². The lowest BCUT2D eigenvalue weighted by atomic mass is 10.0. The fourth-order valence-electron chi connectivity index (χ4n) is 3.01. The molecule has 33 heavy (non-hydrogen) atoms. The molecule has 0 atom stereocenters. The summed E-state index contributed by atoms with van der Waals surface area (Å²) in [7, 11) is 0. The third-order valence-corrected chi connectivity index (χ3v) is 5.11. The van der Waals surface area contributed by atoms with Gasteiger partial charge in [-0.05, 0) is 47.5 Å². The van der Waals surface area contributed by atoms with Gasteiger partial charge < -0.3 is 9.47 Å². The van der Waals surface area contributed by atoms with Crippen LogP contribution in [0.1, 0.15) is 35.3 Å².